The lowest BCUT2D eigenvalue weighted by Gasteiger charge is -2.10. The highest BCUT2D eigenvalue weighted by Crippen LogP contribution is 2.24. The van der Waals surface area contributed by atoms with Gasteiger partial charge >= 0.3 is 12.0 Å². The van der Waals surface area contributed by atoms with Crippen molar-refractivity contribution in [2.24, 2.45) is 5.73 Å². The monoisotopic (exact) mass is 313 g/mol. The Bertz CT molecular complexity index is 548. The van der Waals surface area contributed by atoms with Crippen molar-refractivity contribution in [2.75, 3.05) is 11.9 Å². The molecular weight excluding hydrogens is 298 g/mol. The Morgan fingerprint density at radius 2 is 1.95 bits per heavy atom. The molecule has 1 rings (SSSR count). The number of aromatic carboxylic acids is 1. The topological polar surface area (TPSA) is 122 Å². The summed E-state index contributed by atoms with van der Waals surface area (Å²) in [5.41, 5.74) is 4.94. The van der Waals surface area contributed by atoms with Crippen molar-refractivity contribution in [3.05, 3.63) is 28.8 Å². The number of nitrogens with one attached hydrogen (secondary N) is 2. The second-order valence-electron chi connectivity index (χ2n) is 4.27. The van der Waals surface area contributed by atoms with Gasteiger partial charge in [-0.25, -0.2) is 9.59 Å². The van der Waals surface area contributed by atoms with Crippen molar-refractivity contribution >= 4 is 35.2 Å². The molecule has 8 heteroatoms. The molecule has 0 atom stereocenters. The predicted molar refractivity (Wildman–Crippen MR) is 78.5 cm³/mol. The highest BCUT2D eigenvalue weighted by Gasteiger charge is 2.15. The molecule has 0 aliphatic rings. The zero-order valence-electron chi connectivity index (χ0n) is 11.2. The maximum Gasteiger partial charge on any atom is 0.339 e. The van der Waals surface area contributed by atoms with Crippen molar-refractivity contribution < 1.29 is 19.5 Å². The van der Waals surface area contributed by atoms with Gasteiger partial charge in [0.2, 0.25) is 5.91 Å². The minimum Gasteiger partial charge on any atom is -0.478 e. The van der Waals surface area contributed by atoms with E-state index in [9.17, 15) is 14.4 Å². The van der Waals surface area contributed by atoms with Crippen LogP contribution in [0.25, 0.3) is 0 Å². The zero-order chi connectivity index (χ0) is 15.8. The molecule has 0 bridgehead atoms. The van der Waals surface area contributed by atoms with Gasteiger partial charge in [-0.1, -0.05) is 17.7 Å². The van der Waals surface area contributed by atoms with Crippen LogP contribution in [0.5, 0.6) is 0 Å². The number of carboxylic acid groups (broad SMARTS) is 1. The van der Waals surface area contributed by atoms with Gasteiger partial charge in [-0.15, -0.1) is 0 Å². The van der Waals surface area contributed by atoms with Crippen molar-refractivity contribution in [2.45, 2.75) is 19.3 Å². The molecule has 114 valence electrons. The lowest BCUT2D eigenvalue weighted by Crippen LogP contribution is -2.30. The van der Waals surface area contributed by atoms with Gasteiger partial charge < -0.3 is 21.5 Å². The summed E-state index contributed by atoms with van der Waals surface area (Å²) in [6.45, 7) is 0.349. The molecule has 0 heterocycles. The fourth-order valence-corrected chi connectivity index (χ4v) is 1.89. The molecule has 1 aromatic carbocycles. The van der Waals surface area contributed by atoms with Crippen LogP contribution in [-0.4, -0.2) is 29.6 Å². The zero-order valence-corrected chi connectivity index (χ0v) is 11.9. The highest BCUT2D eigenvalue weighted by atomic mass is 35.5. The second-order valence-corrected chi connectivity index (χ2v) is 4.68. The van der Waals surface area contributed by atoms with Gasteiger partial charge in [0.25, 0.3) is 0 Å². The molecule has 0 radical (unpaired) electrons. The van der Waals surface area contributed by atoms with Gasteiger partial charge in [0.05, 0.1) is 10.7 Å². The van der Waals surface area contributed by atoms with E-state index in [1.54, 1.807) is 0 Å². The number of carbonyl (C=O) groups excluding carboxylic acids is 2. The fourth-order valence-electron chi connectivity index (χ4n) is 1.64. The Kier molecular flexibility index (Phi) is 6.48. The van der Waals surface area contributed by atoms with Gasteiger partial charge in [0.15, 0.2) is 0 Å². The molecule has 0 aliphatic carbocycles. The lowest BCUT2D eigenvalue weighted by atomic mass is 10.2. The van der Waals surface area contributed by atoms with E-state index in [0.29, 0.717) is 19.4 Å². The number of primary amides is 1. The number of hydrogen-bond acceptors (Lipinski definition) is 3. The van der Waals surface area contributed by atoms with Gasteiger partial charge in [0.1, 0.15) is 5.56 Å². The molecule has 3 amide bonds. The van der Waals surface area contributed by atoms with Crippen molar-refractivity contribution in [1.29, 1.82) is 0 Å². The van der Waals surface area contributed by atoms with Gasteiger partial charge in [-0.2, -0.15) is 0 Å². The van der Waals surface area contributed by atoms with Crippen LogP contribution in [0.1, 0.15) is 29.6 Å². The molecule has 0 saturated heterocycles. The van der Waals surface area contributed by atoms with Crippen LogP contribution >= 0.6 is 11.6 Å². The number of rotatable bonds is 7. The van der Waals surface area contributed by atoms with Crippen LogP contribution in [-0.2, 0) is 4.79 Å². The summed E-state index contributed by atoms with van der Waals surface area (Å²) in [5, 5.41) is 14.1. The number of unbranched alkanes of at least 4 members (excludes halogenated alkanes) is 1. The van der Waals surface area contributed by atoms with E-state index in [-0.39, 0.29) is 28.6 Å². The van der Waals surface area contributed by atoms with Gasteiger partial charge in [-0.05, 0) is 25.0 Å². The first kappa shape index (κ1) is 16.8. The normalized spacial score (nSPS) is 9.95. The van der Waals surface area contributed by atoms with E-state index in [1.165, 1.54) is 18.2 Å². The van der Waals surface area contributed by atoms with Gasteiger partial charge in [-0.3, -0.25) is 4.79 Å². The molecule has 7 nitrogen and oxygen atoms in total. The highest BCUT2D eigenvalue weighted by molar-refractivity contribution is 6.34. The molecule has 0 unspecified atom stereocenters. The Hall–Kier alpha value is -2.28. The summed E-state index contributed by atoms with van der Waals surface area (Å²) in [7, 11) is 0. The molecule has 1 aromatic rings. The maximum absolute atomic E-state index is 11.6. The molecule has 0 spiro atoms. The average molecular weight is 314 g/mol. The number of nitrogens with two attached hydrogens (primary N) is 1. The molecule has 0 saturated carbocycles. The van der Waals surface area contributed by atoms with E-state index in [4.69, 9.17) is 22.4 Å². The van der Waals surface area contributed by atoms with Crippen LogP contribution in [0.15, 0.2) is 18.2 Å². The number of carbonyl (C=O) groups is 3. The first-order chi connectivity index (χ1) is 9.91. The van der Waals surface area contributed by atoms with Crippen molar-refractivity contribution in [1.82, 2.24) is 5.32 Å². The smallest absolute Gasteiger partial charge is 0.339 e. The number of benzene rings is 1. The molecule has 0 aliphatic heterocycles. The fraction of sp³-hybridized carbons (Fsp3) is 0.308. The summed E-state index contributed by atoms with van der Waals surface area (Å²) < 4.78 is 0. The minimum atomic E-state index is -1.22. The van der Waals surface area contributed by atoms with E-state index in [2.05, 4.69) is 10.6 Å². The summed E-state index contributed by atoms with van der Waals surface area (Å²) in [4.78, 5) is 33.3. The van der Waals surface area contributed by atoms with Gasteiger partial charge in [0, 0.05) is 13.0 Å². The SMILES string of the molecule is NC(=O)CCCCNC(=O)Nc1cccc(Cl)c1C(=O)O. The Balaban J connectivity index is 2.50. The number of carboxylic acids is 1. The van der Waals surface area contributed by atoms with Crippen LogP contribution in [0.4, 0.5) is 10.5 Å². The summed E-state index contributed by atoms with van der Waals surface area (Å²) in [6.07, 6.45) is 1.44. The number of hydrogen-bond donors (Lipinski definition) is 4. The molecule has 0 aromatic heterocycles. The first-order valence-electron chi connectivity index (χ1n) is 6.26. The second kappa shape index (κ2) is 8.11. The van der Waals surface area contributed by atoms with Crippen molar-refractivity contribution in [3.8, 4) is 0 Å². The van der Waals surface area contributed by atoms with E-state index in [1.807, 2.05) is 0 Å². The standard InChI is InChI=1S/C13H16ClN3O4/c14-8-4-3-5-9(11(8)12(19)20)17-13(21)16-7-2-1-6-10(15)18/h3-5H,1-2,6-7H2,(H2,15,18)(H,19,20)(H2,16,17,21). The third-order valence-corrected chi connectivity index (χ3v) is 2.93. The van der Waals surface area contributed by atoms with Crippen molar-refractivity contribution in [3.63, 3.8) is 0 Å². The average Bonchev–Trinajstić information content (AvgIpc) is 2.37. The molecule has 0 fully saturated rings. The largest absolute Gasteiger partial charge is 0.478 e. The van der Waals surface area contributed by atoms with E-state index >= 15 is 0 Å². The van der Waals surface area contributed by atoms with E-state index < -0.39 is 12.0 Å². The van der Waals surface area contributed by atoms with Crippen LogP contribution in [0, 0.1) is 0 Å². The quantitative estimate of drug-likeness (QED) is 0.573. The third-order valence-electron chi connectivity index (χ3n) is 2.61. The number of urea groups is 1. The first-order valence-corrected chi connectivity index (χ1v) is 6.64. The maximum atomic E-state index is 11.6. The molecule has 21 heavy (non-hydrogen) atoms. The summed E-state index contributed by atoms with van der Waals surface area (Å²) in [5.74, 6) is -1.61. The van der Waals surface area contributed by atoms with Crippen LogP contribution < -0.4 is 16.4 Å². The number of anilines is 1. The third kappa shape index (κ3) is 5.70. The van der Waals surface area contributed by atoms with Crippen LogP contribution in [0.3, 0.4) is 0 Å². The van der Waals surface area contributed by atoms with Crippen LogP contribution in [0.2, 0.25) is 5.02 Å². The summed E-state index contributed by atoms with van der Waals surface area (Å²) >= 11 is 5.79. The Morgan fingerprint density at radius 3 is 2.57 bits per heavy atom. The molecule has 5 N–H and O–H groups in total. The number of amides is 3. The Morgan fingerprint density at radius 1 is 1.24 bits per heavy atom. The predicted octanol–water partition coefficient (Wildman–Crippen LogP) is 1.82. The molecular formula is C13H16ClN3O4. The minimum absolute atomic E-state index is 0.0433. The number of halogens is 1. The lowest BCUT2D eigenvalue weighted by molar-refractivity contribution is -0.118. The summed E-state index contributed by atoms with van der Waals surface area (Å²) in [6, 6.07) is 3.87. The van der Waals surface area contributed by atoms with E-state index in [0.717, 1.165) is 0 Å². The Labute approximate surface area is 126 Å².